The standard InChI is InChI=1S/C13H13F2NO3/c14-10-3-1-2-7(12(10)15)8-6-9(8)13(19)16-5-4-11(17)18/h1-3,8-9H,4-6H2,(H,16,19)(H,17,18)/t8-,9+/m0/s1. The van der Waals surface area contributed by atoms with Gasteiger partial charge in [0.2, 0.25) is 5.91 Å². The van der Waals surface area contributed by atoms with Gasteiger partial charge in [-0.25, -0.2) is 8.78 Å². The van der Waals surface area contributed by atoms with Crippen LogP contribution in [0.5, 0.6) is 0 Å². The van der Waals surface area contributed by atoms with Crippen LogP contribution in [-0.2, 0) is 9.59 Å². The molecule has 2 rings (SSSR count). The molecule has 6 heteroatoms. The summed E-state index contributed by atoms with van der Waals surface area (Å²) in [6, 6.07) is 3.90. The molecule has 0 spiro atoms. The van der Waals surface area contributed by atoms with Gasteiger partial charge in [-0.15, -0.1) is 0 Å². The number of carbonyl (C=O) groups excluding carboxylic acids is 1. The number of amides is 1. The van der Waals surface area contributed by atoms with Gasteiger partial charge in [0.25, 0.3) is 0 Å². The smallest absolute Gasteiger partial charge is 0.305 e. The van der Waals surface area contributed by atoms with Gasteiger partial charge in [0.05, 0.1) is 6.42 Å². The highest BCUT2D eigenvalue weighted by Crippen LogP contribution is 2.48. The number of nitrogens with one attached hydrogen (secondary N) is 1. The molecule has 1 amide bonds. The Morgan fingerprint density at radius 3 is 2.79 bits per heavy atom. The molecule has 1 saturated carbocycles. The molecule has 0 bridgehead atoms. The van der Waals surface area contributed by atoms with Gasteiger partial charge < -0.3 is 10.4 Å². The van der Waals surface area contributed by atoms with E-state index in [4.69, 9.17) is 5.11 Å². The maximum absolute atomic E-state index is 13.5. The Bertz CT molecular complexity index is 519. The lowest BCUT2D eigenvalue weighted by molar-refractivity contribution is -0.136. The Balaban J connectivity index is 1.91. The zero-order valence-corrected chi connectivity index (χ0v) is 10.0. The van der Waals surface area contributed by atoms with E-state index in [9.17, 15) is 18.4 Å². The molecule has 4 nitrogen and oxygen atoms in total. The Morgan fingerprint density at radius 2 is 2.11 bits per heavy atom. The lowest BCUT2D eigenvalue weighted by atomic mass is 10.1. The van der Waals surface area contributed by atoms with Crippen molar-refractivity contribution in [1.29, 1.82) is 0 Å². The predicted molar refractivity (Wildman–Crippen MR) is 62.5 cm³/mol. The lowest BCUT2D eigenvalue weighted by Gasteiger charge is -2.04. The van der Waals surface area contributed by atoms with Crippen LogP contribution in [0.1, 0.15) is 24.3 Å². The minimum Gasteiger partial charge on any atom is -0.481 e. The van der Waals surface area contributed by atoms with Gasteiger partial charge in [0.1, 0.15) is 0 Å². The minimum absolute atomic E-state index is 0.0447. The van der Waals surface area contributed by atoms with Gasteiger partial charge in [-0.1, -0.05) is 12.1 Å². The average Bonchev–Trinajstić information content (AvgIpc) is 3.12. The summed E-state index contributed by atoms with van der Waals surface area (Å²) in [5.41, 5.74) is 0.207. The Labute approximate surface area is 108 Å². The quantitative estimate of drug-likeness (QED) is 0.854. The van der Waals surface area contributed by atoms with E-state index in [0.717, 1.165) is 6.07 Å². The Kier molecular flexibility index (Phi) is 3.78. The molecular formula is C13H13F2NO3. The van der Waals surface area contributed by atoms with Crippen LogP contribution >= 0.6 is 0 Å². The second kappa shape index (κ2) is 5.34. The van der Waals surface area contributed by atoms with Crippen molar-refractivity contribution in [2.75, 3.05) is 6.54 Å². The summed E-state index contributed by atoms with van der Waals surface area (Å²) in [4.78, 5) is 21.9. The van der Waals surface area contributed by atoms with Crippen LogP contribution in [0.3, 0.4) is 0 Å². The summed E-state index contributed by atoms with van der Waals surface area (Å²) in [5, 5.41) is 10.9. The van der Waals surface area contributed by atoms with Crippen molar-refractivity contribution in [3.63, 3.8) is 0 Å². The first kappa shape index (κ1) is 13.5. The molecule has 102 valence electrons. The number of rotatable bonds is 5. The van der Waals surface area contributed by atoms with Crippen molar-refractivity contribution in [1.82, 2.24) is 5.32 Å². The molecule has 2 atom stereocenters. The van der Waals surface area contributed by atoms with Gasteiger partial charge in [0, 0.05) is 12.5 Å². The van der Waals surface area contributed by atoms with Gasteiger partial charge >= 0.3 is 5.97 Å². The van der Waals surface area contributed by atoms with E-state index >= 15 is 0 Å². The molecule has 0 aliphatic heterocycles. The molecule has 0 radical (unpaired) electrons. The zero-order chi connectivity index (χ0) is 14.0. The van der Waals surface area contributed by atoms with Crippen LogP contribution in [0.4, 0.5) is 8.78 Å². The van der Waals surface area contributed by atoms with Crippen molar-refractivity contribution in [3.8, 4) is 0 Å². The maximum Gasteiger partial charge on any atom is 0.305 e. The Hall–Kier alpha value is -1.98. The van der Waals surface area contributed by atoms with E-state index in [0.29, 0.717) is 6.42 Å². The van der Waals surface area contributed by atoms with E-state index < -0.39 is 23.5 Å². The number of hydrogen-bond acceptors (Lipinski definition) is 2. The molecule has 1 aliphatic rings. The molecule has 0 saturated heterocycles. The molecule has 19 heavy (non-hydrogen) atoms. The van der Waals surface area contributed by atoms with Gasteiger partial charge in [-0.3, -0.25) is 9.59 Å². The summed E-state index contributed by atoms with van der Waals surface area (Å²) >= 11 is 0. The molecule has 0 unspecified atom stereocenters. The minimum atomic E-state index is -0.996. The van der Waals surface area contributed by atoms with E-state index in [1.165, 1.54) is 12.1 Å². The van der Waals surface area contributed by atoms with Crippen LogP contribution < -0.4 is 5.32 Å². The number of halogens is 2. The summed E-state index contributed by atoms with van der Waals surface area (Å²) in [6.07, 6.45) is 0.302. The van der Waals surface area contributed by atoms with Crippen molar-refractivity contribution < 1.29 is 23.5 Å². The van der Waals surface area contributed by atoms with Crippen LogP contribution in [-0.4, -0.2) is 23.5 Å². The number of carbonyl (C=O) groups is 2. The maximum atomic E-state index is 13.5. The fourth-order valence-electron chi connectivity index (χ4n) is 2.06. The Morgan fingerprint density at radius 1 is 1.37 bits per heavy atom. The lowest BCUT2D eigenvalue weighted by Crippen LogP contribution is -2.27. The first-order valence-electron chi connectivity index (χ1n) is 5.94. The van der Waals surface area contributed by atoms with E-state index in [2.05, 4.69) is 5.32 Å². The summed E-state index contributed by atoms with van der Waals surface area (Å²) in [6.45, 7) is 0.0447. The zero-order valence-electron chi connectivity index (χ0n) is 10.0. The third-order valence-electron chi connectivity index (χ3n) is 3.15. The topological polar surface area (TPSA) is 66.4 Å². The van der Waals surface area contributed by atoms with Crippen molar-refractivity contribution >= 4 is 11.9 Å². The molecule has 0 heterocycles. The SMILES string of the molecule is O=C(O)CCNC(=O)[C@@H]1C[C@H]1c1cccc(F)c1F. The normalized spacial score (nSPS) is 20.9. The summed E-state index contributed by atoms with van der Waals surface area (Å²) in [5.74, 6) is -3.85. The fourth-order valence-corrected chi connectivity index (χ4v) is 2.06. The first-order valence-corrected chi connectivity index (χ1v) is 5.94. The largest absolute Gasteiger partial charge is 0.481 e. The van der Waals surface area contributed by atoms with Crippen LogP contribution in [0.25, 0.3) is 0 Å². The second-order valence-electron chi connectivity index (χ2n) is 4.53. The third-order valence-corrected chi connectivity index (χ3v) is 3.15. The van der Waals surface area contributed by atoms with E-state index in [-0.39, 0.29) is 30.4 Å². The third kappa shape index (κ3) is 3.07. The number of benzene rings is 1. The average molecular weight is 269 g/mol. The fraction of sp³-hybridized carbons (Fsp3) is 0.385. The highest BCUT2D eigenvalue weighted by atomic mass is 19.2. The molecular weight excluding hydrogens is 256 g/mol. The second-order valence-corrected chi connectivity index (χ2v) is 4.53. The highest BCUT2D eigenvalue weighted by molar-refractivity contribution is 5.83. The molecule has 0 aromatic heterocycles. The number of aliphatic carboxylic acids is 1. The summed E-state index contributed by atoms with van der Waals surface area (Å²) in [7, 11) is 0. The summed E-state index contributed by atoms with van der Waals surface area (Å²) < 4.78 is 26.5. The number of hydrogen-bond donors (Lipinski definition) is 2. The van der Waals surface area contributed by atoms with Crippen molar-refractivity contribution in [2.24, 2.45) is 5.92 Å². The van der Waals surface area contributed by atoms with Crippen molar-refractivity contribution in [2.45, 2.75) is 18.8 Å². The van der Waals surface area contributed by atoms with Crippen LogP contribution in [0.15, 0.2) is 18.2 Å². The molecule has 1 aliphatic carbocycles. The van der Waals surface area contributed by atoms with Gasteiger partial charge in [0.15, 0.2) is 11.6 Å². The molecule has 1 aromatic rings. The van der Waals surface area contributed by atoms with Crippen LogP contribution in [0, 0.1) is 17.6 Å². The van der Waals surface area contributed by atoms with Gasteiger partial charge in [-0.2, -0.15) is 0 Å². The highest BCUT2D eigenvalue weighted by Gasteiger charge is 2.45. The first-order chi connectivity index (χ1) is 9.00. The predicted octanol–water partition coefficient (Wildman–Crippen LogP) is 1.66. The van der Waals surface area contributed by atoms with E-state index in [1.807, 2.05) is 0 Å². The monoisotopic (exact) mass is 269 g/mol. The van der Waals surface area contributed by atoms with Crippen molar-refractivity contribution in [3.05, 3.63) is 35.4 Å². The number of carboxylic acid groups (broad SMARTS) is 1. The van der Waals surface area contributed by atoms with Crippen LogP contribution in [0.2, 0.25) is 0 Å². The molecule has 2 N–H and O–H groups in total. The molecule has 1 fully saturated rings. The van der Waals surface area contributed by atoms with E-state index in [1.54, 1.807) is 0 Å². The van der Waals surface area contributed by atoms with Gasteiger partial charge in [-0.05, 0) is 24.0 Å². The number of carboxylic acids is 1. The molecule has 1 aromatic carbocycles.